The van der Waals surface area contributed by atoms with Gasteiger partial charge in [0, 0.05) is 16.3 Å². The summed E-state index contributed by atoms with van der Waals surface area (Å²) in [6.07, 6.45) is 4.48. The third kappa shape index (κ3) is 4.12. The molecule has 1 atom stereocenters. The van der Waals surface area contributed by atoms with Gasteiger partial charge in [-0.3, -0.25) is 9.36 Å². The molecule has 2 aromatic heterocycles. The molecule has 1 amide bonds. The van der Waals surface area contributed by atoms with Gasteiger partial charge < -0.3 is 5.32 Å². The predicted octanol–water partition coefficient (Wildman–Crippen LogP) is 4.61. The Morgan fingerprint density at radius 1 is 1.22 bits per heavy atom. The van der Waals surface area contributed by atoms with Gasteiger partial charge in [-0.25, -0.2) is 4.98 Å². The number of thioether (sulfide) groups is 1. The lowest BCUT2D eigenvalue weighted by molar-refractivity contribution is -0.120. The fraction of sp³-hybridized carbons (Fsp3) is 0.333. The lowest BCUT2D eigenvalue weighted by Gasteiger charge is -2.16. The third-order valence-electron chi connectivity index (χ3n) is 4.78. The van der Waals surface area contributed by atoms with Gasteiger partial charge in [0.1, 0.15) is 0 Å². The van der Waals surface area contributed by atoms with Crippen LogP contribution in [0, 0.1) is 0 Å². The first-order valence-electron chi connectivity index (χ1n) is 9.35. The molecule has 0 bridgehead atoms. The molecule has 1 aliphatic rings. The van der Waals surface area contributed by atoms with E-state index in [4.69, 9.17) is 4.98 Å². The number of hydrogen-bond acceptors (Lipinski definition) is 4. The largest absolute Gasteiger partial charge is 0.350 e. The van der Waals surface area contributed by atoms with Crippen LogP contribution in [0.2, 0.25) is 0 Å². The third-order valence-corrected chi connectivity index (χ3v) is 6.71. The molecule has 0 saturated heterocycles. The number of para-hydroxylation sites is 1. The molecule has 4 rings (SSSR count). The van der Waals surface area contributed by atoms with Crippen molar-refractivity contribution in [2.24, 2.45) is 0 Å². The van der Waals surface area contributed by atoms with E-state index >= 15 is 0 Å². The van der Waals surface area contributed by atoms with Gasteiger partial charge in [0.05, 0.1) is 17.5 Å². The highest BCUT2D eigenvalue weighted by Crippen LogP contribution is 2.32. The van der Waals surface area contributed by atoms with E-state index in [1.54, 1.807) is 23.1 Å². The van der Waals surface area contributed by atoms with Crippen molar-refractivity contribution in [3.05, 3.63) is 64.1 Å². The Kier molecular flexibility index (Phi) is 5.64. The Morgan fingerprint density at radius 3 is 2.81 bits per heavy atom. The van der Waals surface area contributed by atoms with Crippen LogP contribution in [-0.2, 0) is 24.2 Å². The first-order chi connectivity index (χ1) is 13.2. The van der Waals surface area contributed by atoms with Crippen LogP contribution in [0.25, 0.3) is 5.69 Å². The lowest BCUT2D eigenvalue weighted by atomic mass is 10.0. The Morgan fingerprint density at radius 2 is 2.04 bits per heavy atom. The van der Waals surface area contributed by atoms with Gasteiger partial charge in [-0.05, 0) is 56.2 Å². The number of fused-ring (bicyclic) bond motifs is 1. The number of hydrogen-bond donors (Lipinski definition) is 1. The van der Waals surface area contributed by atoms with Crippen LogP contribution >= 0.6 is 23.1 Å². The second-order valence-electron chi connectivity index (χ2n) is 6.72. The van der Waals surface area contributed by atoms with Crippen molar-refractivity contribution in [1.82, 2.24) is 14.9 Å². The van der Waals surface area contributed by atoms with Crippen LogP contribution in [-0.4, -0.2) is 20.7 Å². The number of rotatable bonds is 6. The molecule has 1 aromatic carbocycles. The van der Waals surface area contributed by atoms with Crippen molar-refractivity contribution in [3.63, 3.8) is 0 Å². The number of aryl methyl sites for hydroxylation is 1. The average molecular weight is 398 g/mol. The van der Waals surface area contributed by atoms with Gasteiger partial charge in [-0.2, -0.15) is 0 Å². The summed E-state index contributed by atoms with van der Waals surface area (Å²) in [4.78, 5) is 18.6. The zero-order valence-corrected chi connectivity index (χ0v) is 17.0. The molecule has 6 heteroatoms. The van der Waals surface area contributed by atoms with Crippen molar-refractivity contribution in [2.75, 3.05) is 0 Å². The van der Waals surface area contributed by atoms with E-state index in [-0.39, 0.29) is 11.2 Å². The van der Waals surface area contributed by atoms with E-state index in [0.29, 0.717) is 6.54 Å². The minimum atomic E-state index is -0.198. The fourth-order valence-corrected chi connectivity index (χ4v) is 5.02. The van der Waals surface area contributed by atoms with Gasteiger partial charge in [0.25, 0.3) is 0 Å². The highest BCUT2D eigenvalue weighted by molar-refractivity contribution is 8.00. The Balaban J connectivity index is 1.54. The summed E-state index contributed by atoms with van der Waals surface area (Å²) < 4.78 is 2.25. The monoisotopic (exact) mass is 397 g/mol. The van der Waals surface area contributed by atoms with E-state index in [0.717, 1.165) is 23.7 Å². The Bertz CT molecular complexity index is 903. The maximum atomic E-state index is 12.6. The summed E-state index contributed by atoms with van der Waals surface area (Å²) >= 11 is 3.21. The number of nitrogens with one attached hydrogen (secondary N) is 1. The number of amides is 1. The number of aromatic nitrogens is 2. The van der Waals surface area contributed by atoms with Crippen molar-refractivity contribution in [2.45, 2.75) is 49.6 Å². The van der Waals surface area contributed by atoms with Gasteiger partial charge in [0.15, 0.2) is 5.16 Å². The molecule has 0 fully saturated rings. The van der Waals surface area contributed by atoms with Crippen LogP contribution in [0.15, 0.2) is 53.0 Å². The summed E-state index contributed by atoms with van der Waals surface area (Å²) in [5.74, 6) is 0.0500. The van der Waals surface area contributed by atoms with Crippen LogP contribution in [0.1, 0.15) is 36.0 Å². The number of imidazole rings is 1. The zero-order valence-electron chi connectivity index (χ0n) is 15.4. The number of thiophene rings is 1. The Hall–Kier alpha value is -2.05. The van der Waals surface area contributed by atoms with E-state index < -0.39 is 0 Å². The fourth-order valence-electron chi connectivity index (χ4n) is 3.38. The van der Waals surface area contributed by atoms with Crippen LogP contribution in [0.4, 0.5) is 0 Å². The summed E-state index contributed by atoms with van der Waals surface area (Å²) in [5.41, 5.74) is 3.63. The number of nitrogens with zero attached hydrogens (tertiary/aromatic N) is 2. The maximum Gasteiger partial charge on any atom is 0.233 e. The quantitative estimate of drug-likeness (QED) is 0.618. The van der Waals surface area contributed by atoms with Gasteiger partial charge in [-0.15, -0.1) is 11.3 Å². The van der Waals surface area contributed by atoms with Crippen molar-refractivity contribution in [1.29, 1.82) is 0 Å². The first kappa shape index (κ1) is 18.3. The van der Waals surface area contributed by atoms with Crippen LogP contribution < -0.4 is 5.32 Å². The summed E-state index contributed by atoms with van der Waals surface area (Å²) in [6.45, 7) is 2.54. The highest BCUT2D eigenvalue weighted by Gasteiger charge is 2.24. The van der Waals surface area contributed by atoms with E-state index in [1.807, 2.05) is 30.5 Å². The van der Waals surface area contributed by atoms with E-state index in [9.17, 15) is 4.79 Å². The number of carbonyl (C=O) groups is 1. The molecule has 2 heterocycles. The molecule has 4 nitrogen and oxygen atoms in total. The molecular formula is C21H23N3OS2. The molecule has 0 aliphatic heterocycles. The van der Waals surface area contributed by atoms with Crippen LogP contribution in [0.3, 0.4) is 0 Å². The minimum Gasteiger partial charge on any atom is -0.350 e. The maximum absolute atomic E-state index is 12.6. The first-order valence-corrected chi connectivity index (χ1v) is 11.1. The second kappa shape index (κ2) is 8.31. The molecule has 0 unspecified atom stereocenters. The van der Waals surface area contributed by atoms with Crippen molar-refractivity contribution in [3.8, 4) is 5.69 Å². The van der Waals surface area contributed by atoms with Crippen molar-refractivity contribution >= 4 is 29.0 Å². The van der Waals surface area contributed by atoms with Gasteiger partial charge >= 0.3 is 0 Å². The normalized spacial score (nSPS) is 14.6. The molecular weight excluding hydrogens is 374 g/mol. The zero-order chi connectivity index (χ0) is 18.6. The number of benzene rings is 1. The molecule has 0 radical (unpaired) electrons. The highest BCUT2D eigenvalue weighted by atomic mass is 32.2. The van der Waals surface area contributed by atoms with Gasteiger partial charge in [-0.1, -0.05) is 36.0 Å². The molecule has 1 aliphatic carbocycles. The molecule has 3 aromatic rings. The molecule has 27 heavy (non-hydrogen) atoms. The lowest BCUT2D eigenvalue weighted by Crippen LogP contribution is -2.30. The summed E-state index contributed by atoms with van der Waals surface area (Å²) in [6, 6.07) is 14.4. The predicted molar refractivity (Wildman–Crippen MR) is 112 cm³/mol. The summed E-state index contributed by atoms with van der Waals surface area (Å²) in [7, 11) is 0. The summed E-state index contributed by atoms with van der Waals surface area (Å²) in [5, 5.41) is 5.79. The molecule has 0 spiro atoms. The number of carbonyl (C=O) groups excluding carboxylic acids is 1. The Labute approximate surface area is 168 Å². The standard InChI is InChI=1S/C21H23N3OS2/c1-15(20(25)22-14-17-10-7-13-26-17)27-21-23-18-11-5-6-12-19(18)24(21)16-8-3-2-4-9-16/h2-4,7-10,13,15H,5-6,11-12,14H2,1H3,(H,22,25)/t15-/m1/s1. The van der Waals surface area contributed by atoms with E-state index in [2.05, 4.69) is 34.1 Å². The minimum absolute atomic E-state index is 0.0500. The van der Waals surface area contributed by atoms with E-state index in [1.165, 1.54) is 29.1 Å². The van der Waals surface area contributed by atoms with Crippen molar-refractivity contribution < 1.29 is 4.79 Å². The molecule has 0 saturated carbocycles. The molecule has 1 N–H and O–H groups in total. The topological polar surface area (TPSA) is 46.9 Å². The van der Waals surface area contributed by atoms with Gasteiger partial charge in [0.2, 0.25) is 5.91 Å². The SMILES string of the molecule is C[C@@H](Sc1nc2c(n1-c1ccccc1)CCCC2)C(=O)NCc1cccs1. The molecule has 140 valence electrons. The van der Waals surface area contributed by atoms with Crippen LogP contribution in [0.5, 0.6) is 0 Å². The smallest absolute Gasteiger partial charge is 0.233 e. The average Bonchev–Trinajstić information content (AvgIpc) is 3.34. The second-order valence-corrected chi connectivity index (χ2v) is 9.06.